The maximum absolute atomic E-state index is 6.28. The molecule has 0 aliphatic carbocycles. The number of aromatic nitrogens is 2. The van der Waals surface area contributed by atoms with Crippen molar-refractivity contribution in [2.75, 3.05) is 5.32 Å². The molecule has 0 amide bonds. The minimum atomic E-state index is 0.194. The number of nitrogens with one attached hydrogen (secondary N) is 1. The van der Waals surface area contributed by atoms with Crippen molar-refractivity contribution in [3.8, 4) is 0 Å². The second-order valence-corrected chi connectivity index (χ2v) is 8.03. The Morgan fingerprint density at radius 3 is 2.67 bits per heavy atom. The van der Waals surface area contributed by atoms with E-state index in [4.69, 9.17) is 11.6 Å². The minimum Gasteiger partial charge on any atom is -0.377 e. The third kappa shape index (κ3) is 3.05. The van der Waals surface area contributed by atoms with Gasteiger partial charge < -0.3 is 5.32 Å². The highest BCUT2D eigenvalue weighted by atomic mass is 35.5. The summed E-state index contributed by atoms with van der Waals surface area (Å²) in [6, 6.07) is 8.14. The zero-order valence-corrected chi connectivity index (χ0v) is 14.5. The zero-order chi connectivity index (χ0) is 15.0. The van der Waals surface area contributed by atoms with Gasteiger partial charge in [-0.3, -0.25) is 0 Å². The second kappa shape index (κ2) is 5.55. The van der Waals surface area contributed by atoms with Crippen LogP contribution >= 0.6 is 34.7 Å². The molecule has 0 bridgehead atoms. The first-order valence-electron chi connectivity index (χ1n) is 6.69. The average Bonchev–Trinajstić information content (AvgIpc) is 3.05. The number of nitrogens with zero attached hydrogens (tertiary/aromatic N) is 2. The molecule has 0 unspecified atom stereocenters. The Bertz CT molecular complexity index is 771. The summed E-state index contributed by atoms with van der Waals surface area (Å²) in [4.78, 5) is 2.68. The number of halogens is 1. The molecular weight excluding hydrogens is 322 g/mol. The van der Waals surface area contributed by atoms with Crippen molar-refractivity contribution in [2.24, 2.45) is 0 Å². The van der Waals surface area contributed by atoms with E-state index in [9.17, 15) is 0 Å². The molecule has 21 heavy (non-hydrogen) atoms. The van der Waals surface area contributed by atoms with Gasteiger partial charge in [0.1, 0.15) is 11.0 Å². The summed E-state index contributed by atoms with van der Waals surface area (Å²) in [6.07, 6.45) is 0. The summed E-state index contributed by atoms with van der Waals surface area (Å²) in [5, 5.41) is 4.09. The van der Waals surface area contributed by atoms with Crippen LogP contribution in [-0.2, 0) is 12.0 Å². The smallest absolute Gasteiger partial charge is 0.129 e. The van der Waals surface area contributed by atoms with Crippen molar-refractivity contribution in [1.29, 1.82) is 0 Å². The maximum atomic E-state index is 6.28. The summed E-state index contributed by atoms with van der Waals surface area (Å²) in [6.45, 7) is 7.44. The van der Waals surface area contributed by atoms with Gasteiger partial charge in [0, 0.05) is 16.3 Å². The van der Waals surface area contributed by atoms with E-state index in [1.54, 1.807) is 0 Å². The van der Waals surface area contributed by atoms with Crippen LogP contribution in [0.4, 0.5) is 5.69 Å². The molecule has 0 spiro atoms. The molecule has 0 saturated carbocycles. The van der Waals surface area contributed by atoms with Crippen LogP contribution in [0.25, 0.3) is 11.0 Å². The highest BCUT2D eigenvalue weighted by molar-refractivity contribution is 7.12. The van der Waals surface area contributed by atoms with Gasteiger partial charge in [-0.15, -0.1) is 11.3 Å². The Morgan fingerprint density at radius 2 is 1.95 bits per heavy atom. The van der Waals surface area contributed by atoms with Crippen LogP contribution in [0, 0.1) is 0 Å². The van der Waals surface area contributed by atoms with Gasteiger partial charge in [0.05, 0.1) is 22.4 Å². The molecule has 0 radical (unpaired) electrons. The van der Waals surface area contributed by atoms with Crippen LogP contribution < -0.4 is 5.32 Å². The summed E-state index contributed by atoms with van der Waals surface area (Å²) in [5.41, 5.74) is 2.79. The Kier molecular flexibility index (Phi) is 3.90. The Morgan fingerprint density at radius 1 is 1.14 bits per heavy atom. The van der Waals surface area contributed by atoms with Crippen LogP contribution in [-0.4, -0.2) is 8.75 Å². The first-order chi connectivity index (χ1) is 9.95. The van der Waals surface area contributed by atoms with E-state index in [0.29, 0.717) is 5.02 Å². The first-order valence-corrected chi connectivity index (χ1v) is 8.61. The van der Waals surface area contributed by atoms with Gasteiger partial charge in [0.25, 0.3) is 0 Å². The van der Waals surface area contributed by atoms with Crippen molar-refractivity contribution < 1.29 is 0 Å². The molecule has 3 aromatic rings. The van der Waals surface area contributed by atoms with E-state index in [1.165, 1.54) is 21.5 Å². The second-order valence-electron chi connectivity index (χ2n) is 5.92. The molecule has 110 valence electrons. The largest absolute Gasteiger partial charge is 0.377 e. The normalized spacial score (nSPS) is 12.0. The molecule has 2 heterocycles. The van der Waals surface area contributed by atoms with E-state index in [2.05, 4.69) is 47.0 Å². The van der Waals surface area contributed by atoms with E-state index in [-0.39, 0.29) is 5.41 Å². The number of thiophene rings is 1. The molecule has 0 atom stereocenters. The molecule has 3 nitrogen and oxygen atoms in total. The number of hydrogen-bond acceptors (Lipinski definition) is 5. The summed E-state index contributed by atoms with van der Waals surface area (Å²) in [7, 11) is 0. The predicted octanol–water partition coefficient (Wildman–Crippen LogP) is 5.32. The number of rotatable bonds is 3. The molecule has 0 aliphatic rings. The lowest BCUT2D eigenvalue weighted by Crippen LogP contribution is -2.07. The highest BCUT2D eigenvalue weighted by Gasteiger charge is 2.16. The Balaban J connectivity index is 1.82. The summed E-state index contributed by atoms with van der Waals surface area (Å²) >= 11 is 9.32. The molecule has 3 rings (SSSR count). The summed E-state index contributed by atoms with van der Waals surface area (Å²) in [5.74, 6) is 0. The predicted molar refractivity (Wildman–Crippen MR) is 92.8 cm³/mol. The highest BCUT2D eigenvalue weighted by Crippen LogP contribution is 2.32. The van der Waals surface area contributed by atoms with Crippen LogP contribution in [0.15, 0.2) is 24.3 Å². The topological polar surface area (TPSA) is 37.8 Å². The average molecular weight is 338 g/mol. The summed E-state index contributed by atoms with van der Waals surface area (Å²) < 4.78 is 8.57. The molecule has 0 aliphatic heterocycles. The Labute approximate surface area is 137 Å². The van der Waals surface area contributed by atoms with Gasteiger partial charge in [-0.2, -0.15) is 8.75 Å². The number of benzene rings is 1. The Hall–Kier alpha value is -1.17. The van der Waals surface area contributed by atoms with E-state index >= 15 is 0 Å². The van der Waals surface area contributed by atoms with E-state index in [1.807, 2.05) is 23.5 Å². The van der Waals surface area contributed by atoms with Gasteiger partial charge in [0.2, 0.25) is 0 Å². The third-order valence-corrected chi connectivity index (χ3v) is 5.59. The zero-order valence-electron chi connectivity index (χ0n) is 12.1. The maximum Gasteiger partial charge on any atom is 0.129 e. The molecule has 0 fully saturated rings. The molecule has 1 aromatic carbocycles. The fourth-order valence-corrected chi connectivity index (χ4v) is 3.81. The van der Waals surface area contributed by atoms with E-state index < -0.39 is 0 Å². The standard InChI is InChI=1S/C15H16ClN3S2/c1-15(2,3)12-7-4-9(20-12)8-17-13-10(16)5-6-11-14(13)19-21-18-11/h4-7,17H,8H2,1-3H3. The lowest BCUT2D eigenvalue weighted by atomic mass is 9.95. The number of fused-ring (bicyclic) bond motifs is 1. The molecule has 1 N–H and O–H groups in total. The van der Waals surface area contributed by atoms with Gasteiger partial charge in [-0.25, -0.2) is 0 Å². The van der Waals surface area contributed by atoms with Crippen LogP contribution in [0.5, 0.6) is 0 Å². The number of anilines is 1. The monoisotopic (exact) mass is 337 g/mol. The quantitative estimate of drug-likeness (QED) is 0.703. The van der Waals surface area contributed by atoms with Crippen LogP contribution in [0.3, 0.4) is 0 Å². The number of hydrogen-bond donors (Lipinski definition) is 1. The van der Waals surface area contributed by atoms with Crippen molar-refractivity contribution in [1.82, 2.24) is 8.75 Å². The fraction of sp³-hybridized carbons (Fsp3) is 0.333. The van der Waals surface area contributed by atoms with Crippen LogP contribution in [0.2, 0.25) is 5.02 Å². The van der Waals surface area contributed by atoms with E-state index in [0.717, 1.165) is 23.3 Å². The minimum absolute atomic E-state index is 0.194. The first kappa shape index (κ1) is 14.8. The van der Waals surface area contributed by atoms with Crippen LogP contribution in [0.1, 0.15) is 30.5 Å². The van der Waals surface area contributed by atoms with Gasteiger partial charge >= 0.3 is 0 Å². The fourth-order valence-electron chi connectivity index (χ4n) is 2.05. The molecule has 0 saturated heterocycles. The molecule has 6 heteroatoms. The van der Waals surface area contributed by atoms with Crippen molar-refractivity contribution >= 4 is 51.4 Å². The van der Waals surface area contributed by atoms with Gasteiger partial charge in [-0.1, -0.05) is 32.4 Å². The van der Waals surface area contributed by atoms with Crippen molar-refractivity contribution in [3.05, 3.63) is 39.0 Å². The molecular formula is C15H16ClN3S2. The molecule has 2 aromatic heterocycles. The van der Waals surface area contributed by atoms with Gasteiger partial charge in [0.15, 0.2) is 0 Å². The third-order valence-electron chi connectivity index (χ3n) is 3.22. The lowest BCUT2D eigenvalue weighted by Gasteiger charge is -2.15. The lowest BCUT2D eigenvalue weighted by molar-refractivity contribution is 0.604. The van der Waals surface area contributed by atoms with Crippen molar-refractivity contribution in [2.45, 2.75) is 32.7 Å². The SMILES string of the molecule is CC(C)(C)c1ccc(CNc2c(Cl)ccc3nsnc23)s1. The van der Waals surface area contributed by atoms with Gasteiger partial charge in [-0.05, 0) is 29.7 Å². The van der Waals surface area contributed by atoms with Crippen molar-refractivity contribution in [3.63, 3.8) is 0 Å².